The van der Waals surface area contributed by atoms with Crippen molar-refractivity contribution in [1.82, 2.24) is 10.6 Å². The van der Waals surface area contributed by atoms with Crippen LogP contribution in [-0.4, -0.2) is 30.3 Å². The maximum Gasteiger partial charge on any atom is 0.407 e. The van der Waals surface area contributed by atoms with Crippen LogP contribution >= 0.6 is 0 Å². The van der Waals surface area contributed by atoms with Gasteiger partial charge in [0, 0.05) is 12.1 Å². The van der Waals surface area contributed by atoms with Crippen LogP contribution in [0, 0.1) is 17.3 Å². The summed E-state index contributed by atoms with van der Waals surface area (Å²) in [5.41, 5.74) is 0.0327. The summed E-state index contributed by atoms with van der Waals surface area (Å²) < 4.78 is 5.30. The summed E-state index contributed by atoms with van der Waals surface area (Å²) in [6.07, 6.45) is 6.13. The van der Waals surface area contributed by atoms with Crippen LogP contribution in [0.25, 0.3) is 0 Å². The highest BCUT2D eigenvalue weighted by molar-refractivity contribution is 5.68. The molecular weight excluding hydrogens is 288 g/mol. The van der Waals surface area contributed by atoms with E-state index < -0.39 is 5.60 Å². The number of alkyl carbamates (subject to hydrolysis) is 1. The Morgan fingerprint density at radius 3 is 2.13 bits per heavy atom. The SMILES string of the molecule is CC(C)(C)OC(=O)NC1CC1NCC1CCC(C(C)(C)C)CC1. The fourth-order valence-corrected chi connectivity index (χ4v) is 3.59. The van der Waals surface area contributed by atoms with Crippen LogP contribution in [0.3, 0.4) is 0 Å². The van der Waals surface area contributed by atoms with E-state index in [1.54, 1.807) is 0 Å². The van der Waals surface area contributed by atoms with E-state index in [1.165, 1.54) is 25.7 Å². The maximum absolute atomic E-state index is 11.7. The van der Waals surface area contributed by atoms with Crippen LogP contribution < -0.4 is 10.6 Å². The first-order valence-corrected chi connectivity index (χ1v) is 9.27. The molecule has 134 valence electrons. The number of amides is 1. The second-order valence-corrected chi connectivity index (χ2v) is 9.59. The highest BCUT2D eigenvalue weighted by atomic mass is 16.6. The quantitative estimate of drug-likeness (QED) is 0.819. The van der Waals surface area contributed by atoms with Crippen molar-refractivity contribution in [1.29, 1.82) is 0 Å². The minimum Gasteiger partial charge on any atom is -0.444 e. The molecule has 2 unspecified atom stereocenters. The summed E-state index contributed by atoms with van der Waals surface area (Å²) in [7, 11) is 0. The van der Waals surface area contributed by atoms with Crippen molar-refractivity contribution in [2.75, 3.05) is 6.54 Å². The molecule has 0 aromatic rings. The number of nitrogens with one attached hydrogen (secondary N) is 2. The highest BCUT2D eigenvalue weighted by Gasteiger charge is 2.39. The Hall–Kier alpha value is -0.770. The molecule has 4 heteroatoms. The molecule has 0 saturated heterocycles. The predicted octanol–water partition coefficient (Wildman–Crippen LogP) is 4.09. The van der Waals surface area contributed by atoms with E-state index in [-0.39, 0.29) is 12.1 Å². The lowest BCUT2D eigenvalue weighted by Crippen LogP contribution is -2.38. The zero-order valence-electron chi connectivity index (χ0n) is 15.9. The number of carbonyl (C=O) groups is 1. The Morgan fingerprint density at radius 2 is 1.61 bits per heavy atom. The second-order valence-electron chi connectivity index (χ2n) is 9.59. The molecule has 2 N–H and O–H groups in total. The lowest BCUT2D eigenvalue weighted by molar-refractivity contribution is 0.0522. The van der Waals surface area contributed by atoms with Gasteiger partial charge in [-0.05, 0) is 76.7 Å². The summed E-state index contributed by atoms with van der Waals surface area (Å²) in [5, 5.41) is 6.58. The third-order valence-electron chi connectivity index (χ3n) is 5.23. The van der Waals surface area contributed by atoms with Crippen LogP contribution in [0.2, 0.25) is 0 Å². The molecule has 4 nitrogen and oxygen atoms in total. The van der Waals surface area contributed by atoms with Gasteiger partial charge in [-0.25, -0.2) is 4.79 Å². The van der Waals surface area contributed by atoms with Crippen LogP contribution in [-0.2, 0) is 4.74 Å². The van der Waals surface area contributed by atoms with Gasteiger partial charge in [0.05, 0.1) is 0 Å². The van der Waals surface area contributed by atoms with Gasteiger partial charge in [-0.15, -0.1) is 0 Å². The van der Waals surface area contributed by atoms with Gasteiger partial charge in [0.15, 0.2) is 0 Å². The van der Waals surface area contributed by atoms with Crippen molar-refractivity contribution >= 4 is 6.09 Å². The molecule has 0 bridgehead atoms. The van der Waals surface area contributed by atoms with E-state index in [2.05, 4.69) is 31.4 Å². The molecule has 0 aromatic carbocycles. The molecule has 0 aliphatic heterocycles. The maximum atomic E-state index is 11.7. The molecule has 23 heavy (non-hydrogen) atoms. The average molecular weight is 325 g/mol. The average Bonchev–Trinajstić information content (AvgIpc) is 3.11. The smallest absolute Gasteiger partial charge is 0.407 e. The molecule has 0 radical (unpaired) electrons. The van der Waals surface area contributed by atoms with Gasteiger partial charge >= 0.3 is 6.09 Å². The summed E-state index contributed by atoms with van der Waals surface area (Å²) in [6.45, 7) is 13.9. The lowest BCUT2D eigenvalue weighted by Gasteiger charge is -2.37. The van der Waals surface area contributed by atoms with E-state index >= 15 is 0 Å². The first-order chi connectivity index (χ1) is 10.5. The molecule has 1 amide bonds. The van der Waals surface area contributed by atoms with Gasteiger partial charge < -0.3 is 15.4 Å². The third kappa shape index (κ3) is 6.33. The van der Waals surface area contributed by atoms with Crippen LogP contribution in [0.1, 0.15) is 73.6 Å². The molecule has 2 atom stereocenters. The lowest BCUT2D eigenvalue weighted by atomic mass is 9.70. The Bertz CT molecular complexity index is 401. The van der Waals surface area contributed by atoms with Crippen molar-refractivity contribution in [2.45, 2.75) is 91.3 Å². The van der Waals surface area contributed by atoms with Gasteiger partial charge in [0.1, 0.15) is 5.60 Å². The molecule has 2 aliphatic carbocycles. The van der Waals surface area contributed by atoms with Gasteiger partial charge in [0.2, 0.25) is 0 Å². The minimum absolute atomic E-state index is 0.246. The molecule has 0 aromatic heterocycles. The van der Waals surface area contributed by atoms with Crippen molar-refractivity contribution in [3.8, 4) is 0 Å². The third-order valence-corrected chi connectivity index (χ3v) is 5.23. The second kappa shape index (κ2) is 7.00. The van der Waals surface area contributed by atoms with Crippen molar-refractivity contribution in [3.63, 3.8) is 0 Å². The molecule has 2 rings (SSSR count). The Kier molecular flexibility index (Phi) is 5.65. The van der Waals surface area contributed by atoms with Crippen LogP contribution in [0.15, 0.2) is 0 Å². The number of carbonyl (C=O) groups excluding carboxylic acids is 1. The first kappa shape index (κ1) is 18.6. The summed E-state index contributed by atoms with van der Waals surface area (Å²) in [6, 6.07) is 0.679. The summed E-state index contributed by atoms with van der Waals surface area (Å²) >= 11 is 0. The largest absolute Gasteiger partial charge is 0.444 e. The summed E-state index contributed by atoms with van der Waals surface area (Å²) in [5.74, 6) is 1.68. The summed E-state index contributed by atoms with van der Waals surface area (Å²) in [4.78, 5) is 11.7. The van der Waals surface area contributed by atoms with Gasteiger partial charge in [-0.1, -0.05) is 20.8 Å². The molecule has 2 aliphatic rings. The molecule has 0 spiro atoms. The number of hydrogen-bond donors (Lipinski definition) is 2. The topological polar surface area (TPSA) is 50.4 Å². The first-order valence-electron chi connectivity index (χ1n) is 9.27. The highest BCUT2D eigenvalue weighted by Crippen LogP contribution is 2.39. The fraction of sp³-hybridized carbons (Fsp3) is 0.947. The monoisotopic (exact) mass is 324 g/mol. The Balaban J connectivity index is 1.59. The van der Waals surface area contributed by atoms with Gasteiger partial charge in [-0.2, -0.15) is 0 Å². The van der Waals surface area contributed by atoms with Crippen molar-refractivity contribution in [2.24, 2.45) is 17.3 Å². The minimum atomic E-state index is -0.423. The zero-order chi connectivity index (χ0) is 17.3. The predicted molar refractivity (Wildman–Crippen MR) is 94.5 cm³/mol. The van der Waals surface area contributed by atoms with E-state index in [1.807, 2.05) is 20.8 Å². The Morgan fingerprint density at radius 1 is 1.00 bits per heavy atom. The number of ether oxygens (including phenoxy) is 1. The van der Waals surface area contributed by atoms with Crippen LogP contribution in [0.4, 0.5) is 4.79 Å². The van der Waals surface area contributed by atoms with Crippen molar-refractivity contribution < 1.29 is 9.53 Å². The number of hydrogen-bond acceptors (Lipinski definition) is 3. The van der Waals surface area contributed by atoms with E-state index in [4.69, 9.17) is 4.74 Å². The van der Waals surface area contributed by atoms with E-state index in [9.17, 15) is 4.79 Å². The number of rotatable bonds is 4. The van der Waals surface area contributed by atoms with E-state index in [0.717, 1.165) is 24.8 Å². The molecular formula is C19H36N2O2. The molecule has 2 saturated carbocycles. The molecule has 2 fully saturated rings. The van der Waals surface area contributed by atoms with E-state index in [0.29, 0.717) is 11.5 Å². The van der Waals surface area contributed by atoms with Crippen molar-refractivity contribution in [3.05, 3.63) is 0 Å². The normalized spacial score (nSPS) is 31.6. The van der Waals surface area contributed by atoms with Gasteiger partial charge in [0.25, 0.3) is 0 Å². The van der Waals surface area contributed by atoms with Crippen LogP contribution in [0.5, 0.6) is 0 Å². The molecule has 0 heterocycles. The van der Waals surface area contributed by atoms with Gasteiger partial charge in [-0.3, -0.25) is 0 Å². The standard InChI is InChI=1S/C19H36N2O2/c1-18(2,3)14-9-7-13(8-10-14)12-20-15-11-16(15)21-17(22)23-19(4,5)6/h13-16,20H,7-12H2,1-6H3,(H,21,22). The Labute approximate surface area is 142 Å². The fourth-order valence-electron chi connectivity index (χ4n) is 3.59. The zero-order valence-corrected chi connectivity index (χ0v) is 15.9.